The molecule has 1 aromatic rings. The Kier molecular flexibility index (Phi) is 5.67. The SMILES string of the molecule is CNCc1ccc(S(=O)(=O)NCCN(C)C)nc1. The van der Waals surface area contributed by atoms with Crippen LogP contribution in [0, 0.1) is 0 Å². The first-order valence-corrected chi connectivity index (χ1v) is 7.18. The van der Waals surface area contributed by atoms with Crippen molar-refractivity contribution in [1.82, 2.24) is 19.9 Å². The van der Waals surface area contributed by atoms with Gasteiger partial charge in [0, 0.05) is 25.8 Å². The zero-order valence-electron chi connectivity index (χ0n) is 11.0. The van der Waals surface area contributed by atoms with E-state index in [4.69, 9.17) is 0 Å². The molecule has 0 amide bonds. The molecule has 0 atom stereocenters. The van der Waals surface area contributed by atoms with Gasteiger partial charge in [0.05, 0.1) is 0 Å². The van der Waals surface area contributed by atoms with Gasteiger partial charge in [0.15, 0.2) is 5.03 Å². The summed E-state index contributed by atoms with van der Waals surface area (Å²) in [6.07, 6.45) is 1.57. The molecule has 0 aliphatic carbocycles. The van der Waals surface area contributed by atoms with Gasteiger partial charge >= 0.3 is 0 Å². The van der Waals surface area contributed by atoms with Crippen molar-refractivity contribution in [2.75, 3.05) is 34.2 Å². The molecule has 18 heavy (non-hydrogen) atoms. The van der Waals surface area contributed by atoms with Crippen molar-refractivity contribution >= 4 is 10.0 Å². The molecule has 0 bridgehead atoms. The first-order chi connectivity index (χ1) is 8.45. The molecule has 0 aliphatic heterocycles. The van der Waals surface area contributed by atoms with Gasteiger partial charge in [-0.1, -0.05) is 6.07 Å². The normalized spacial score (nSPS) is 12.0. The van der Waals surface area contributed by atoms with Crippen molar-refractivity contribution in [3.63, 3.8) is 0 Å². The van der Waals surface area contributed by atoms with Crippen molar-refractivity contribution in [3.05, 3.63) is 23.9 Å². The van der Waals surface area contributed by atoms with Crippen molar-refractivity contribution in [2.24, 2.45) is 0 Å². The molecule has 0 spiro atoms. The molecule has 1 rings (SSSR count). The average Bonchev–Trinajstić information content (AvgIpc) is 2.29. The topological polar surface area (TPSA) is 74.3 Å². The number of aromatic nitrogens is 1. The van der Waals surface area contributed by atoms with E-state index in [1.807, 2.05) is 26.0 Å². The fourth-order valence-corrected chi connectivity index (χ4v) is 2.30. The van der Waals surface area contributed by atoms with Gasteiger partial charge in [0.1, 0.15) is 0 Å². The van der Waals surface area contributed by atoms with Crippen LogP contribution in [0.4, 0.5) is 0 Å². The average molecular weight is 272 g/mol. The molecule has 0 saturated heterocycles. The first kappa shape index (κ1) is 15.0. The van der Waals surface area contributed by atoms with Crippen LogP contribution in [-0.4, -0.2) is 52.5 Å². The summed E-state index contributed by atoms with van der Waals surface area (Å²) in [4.78, 5) is 5.87. The molecule has 0 fully saturated rings. The van der Waals surface area contributed by atoms with Gasteiger partial charge in [0.2, 0.25) is 0 Å². The van der Waals surface area contributed by atoms with Crippen LogP contribution in [0.1, 0.15) is 5.56 Å². The van der Waals surface area contributed by atoms with Crippen LogP contribution in [0.25, 0.3) is 0 Å². The molecule has 102 valence electrons. The molecule has 1 heterocycles. The Balaban J connectivity index is 2.67. The molecule has 0 unspecified atom stereocenters. The summed E-state index contributed by atoms with van der Waals surface area (Å²) in [6.45, 7) is 1.69. The first-order valence-electron chi connectivity index (χ1n) is 5.69. The van der Waals surface area contributed by atoms with Crippen LogP contribution in [0.5, 0.6) is 0 Å². The maximum Gasteiger partial charge on any atom is 0.258 e. The summed E-state index contributed by atoms with van der Waals surface area (Å²) in [5, 5.41) is 3.03. The maximum atomic E-state index is 11.9. The summed E-state index contributed by atoms with van der Waals surface area (Å²) >= 11 is 0. The summed E-state index contributed by atoms with van der Waals surface area (Å²) in [7, 11) is 2.11. The van der Waals surface area contributed by atoms with E-state index < -0.39 is 10.0 Å². The van der Waals surface area contributed by atoms with Crippen LogP contribution in [0.2, 0.25) is 0 Å². The predicted octanol–water partition coefficient (Wildman–Crippen LogP) is -0.359. The number of likely N-dealkylation sites (N-methyl/N-ethyl adjacent to an activating group) is 1. The second-order valence-corrected chi connectivity index (χ2v) is 5.95. The van der Waals surface area contributed by atoms with E-state index >= 15 is 0 Å². The quantitative estimate of drug-likeness (QED) is 0.709. The van der Waals surface area contributed by atoms with Crippen LogP contribution < -0.4 is 10.0 Å². The Morgan fingerprint density at radius 3 is 2.56 bits per heavy atom. The Morgan fingerprint density at radius 1 is 1.33 bits per heavy atom. The molecule has 0 saturated carbocycles. The minimum absolute atomic E-state index is 0.0566. The third-order valence-corrected chi connectivity index (χ3v) is 3.68. The van der Waals surface area contributed by atoms with Gasteiger partial charge in [-0.3, -0.25) is 0 Å². The summed E-state index contributed by atoms with van der Waals surface area (Å²) in [5.74, 6) is 0. The molecule has 0 aliphatic rings. The van der Waals surface area contributed by atoms with Gasteiger partial charge in [-0.2, -0.15) is 0 Å². The second kappa shape index (κ2) is 6.79. The van der Waals surface area contributed by atoms with E-state index in [9.17, 15) is 8.42 Å². The van der Waals surface area contributed by atoms with E-state index in [1.54, 1.807) is 12.3 Å². The highest BCUT2D eigenvalue weighted by Gasteiger charge is 2.14. The highest BCUT2D eigenvalue weighted by molar-refractivity contribution is 7.89. The molecule has 0 aromatic carbocycles. The lowest BCUT2D eigenvalue weighted by Gasteiger charge is -2.10. The van der Waals surface area contributed by atoms with Crippen molar-refractivity contribution in [1.29, 1.82) is 0 Å². The molecule has 2 N–H and O–H groups in total. The van der Waals surface area contributed by atoms with E-state index in [2.05, 4.69) is 15.0 Å². The summed E-state index contributed by atoms with van der Waals surface area (Å²) in [6, 6.07) is 3.27. The van der Waals surface area contributed by atoms with E-state index in [1.165, 1.54) is 6.07 Å². The Morgan fingerprint density at radius 2 is 2.06 bits per heavy atom. The number of nitrogens with zero attached hydrogens (tertiary/aromatic N) is 2. The number of hydrogen-bond donors (Lipinski definition) is 2. The number of pyridine rings is 1. The third-order valence-electron chi connectivity index (χ3n) is 2.30. The van der Waals surface area contributed by atoms with Crippen LogP contribution in [-0.2, 0) is 16.6 Å². The minimum Gasteiger partial charge on any atom is -0.316 e. The molecule has 1 aromatic heterocycles. The van der Waals surface area contributed by atoms with Gasteiger partial charge in [0.25, 0.3) is 10.0 Å². The van der Waals surface area contributed by atoms with Crippen molar-refractivity contribution < 1.29 is 8.42 Å². The minimum atomic E-state index is -3.50. The summed E-state index contributed by atoms with van der Waals surface area (Å²) < 4.78 is 26.3. The number of sulfonamides is 1. The zero-order valence-corrected chi connectivity index (χ0v) is 11.8. The van der Waals surface area contributed by atoms with Crippen molar-refractivity contribution in [3.8, 4) is 0 Å². The third kappa shape index (κ3) is 4.69. The number of rotatable bonds is 7. The molecule has 0 radical (unpaired) electrons. The fraction of sp³-hybridized carbons (Fsp3) is 0.545. The van der Waals surface area contributed by atoms with Crippen LogP contribution >= 0.6 is 0 Å². The lowest BCUT2D eigenvalue weighted by Crippen LogP contribution is -2.31. The lowest BCUT2D eigenvalue weighted by atomic mass is 10.3. The summed E-state index contributed by atoms with van der Waals surface area (Å²) in [5.41, 5.74) is 0.949. The molecular formula is C11H20N4O2S. The van der Waals surface area contributed by atoms with Gasteiger partial charge in [-0.05, 0) is 32.8 Å². The Bertz CT molecular complexity index is 456. The number of hydrogen-bond acceptors (Lipinski definition) is 5. The fourth-order valence-electron chi connectivity index (χ4n) is 1.36. The van der Waals surface area contributed by atoms with Crippen LogP contribution in [0.15, 0.2) is 23.4 Å². The highest BCUT2D eigenvalue weighted by atomic mass is 32.2. The van der Waals surface area contributed by atoms with Gasteiger partial charge < -0.3 is 10.2 Å². The van der Waals surface area contributed by atoms with E-state index in [-0.39, 0.29) is 5.03 Å². The Hall–Kier alpha value is -1.02. The highest BCUT2D eigenvalue weighted by Crippen LogP contribution is 2.06. The number of nitrogens with one attached hydrogen (secondary N) is 2. The second-order valence-electron chi connectivity index (χ2n) is 4.24. The van der Waals surface area contributed by atoms with Crippen molar-refractivity contribution in [2.45, 2.75) is 11.6 Å². The van der Waals surface area contributed by atoms with E-state index in [0.717, 1.165) is 5.56 Å². The monoisotopic (exact) mass is 272 g/mol. The van der Waals surface area contributed by atoms with E-state index in [0.29, 0.717) is 19.6 Å². The standard InChI is InChI=1S/C11H20N4O2S/c1-12-8-10-4-5-11(13-9-10)18(16,17)14-6-7-15(2)3/h4-5,9,12,14H,6-8H2,1-3H3. The molecule has 6 nitrogen and oxygen atoms in total. The largest absolute Gasteiger partial charge is 0.316 e. The van der Waals surface area contributed by atoms with Crippen LogP contribution in [0.3, 0.4) is 0 Å². The Labute approximate surface area is 108 Å². The smallest absolute Gasteiger partial charge is 0.258 e. The molecular weight excluding hydrogens is 252 g/mol. The zero-order chi connectivity index (χ0) is 13.6. The van der Waals surface area contributed by atoms with Gasteiger partial charge in [-0.25, -0.2) is 18.1 Å². The lowest BCUT2D eigenvalue weighted by molar-refractivity contribution is 0.412. The maximum absolute atomic E-state index is 11.9. The molecule has 7 heteroatoms. The predicted molar refractivity (Wildman–Crippen MR) is 70.7 cm³/mol. The van der Waals surface area contributed by atoms with Gasteiger partial charge in [-0.15, -0.1) is 0 Å².